The van der Waals surface area contributed by atoms with E-state index in [4.69, 9.17) is 9.57 Å². The predicted octanol–water partition coefficient (Wildman–Crippen LogP) is 2.71. The van der Waals surface area contributed by atoms with Gasteiger partial charge in [0.1, 0.15) is 18.3 Å². The summed E-state index contributed by atoms with van der Waals surface area (Å²) in [5, 5.41) is 4.04. The third kappa shape index (κ3) is 3.39. The predicted molar refractivity (Wildman–Crippen MR) is 93.0 cm³/mol. The van der Waals surface area contributed by atoms with Gasteiger partial charge in [-0.25, -0.2) is 0 Å². The van der Waals surface area contributed by atoms with Gasteiger partial charge in [0.2, 0.25) is 0 Å². The number of nitrogens with zero attached hydrogens (tertiary/aromatic N) is 1. The fourth-order valence-corrected chi connectivity index (χ4v) is 4.38. The van der Waals surface area contributed by atoms with E-state index in [1.54, 1.807) is 6.08 Å². The lowest BCUT2D eigenvalue weighted by Crippen LogP contribution is -2.53. The molecule has 4 atom stereocenters. The Morgan fingerprint density at radius 3 is 2.76 bits per heavy atom. The number of Topliss-reactive ketones (excluding diaryl/α,β-unsaturated/α-hetero) is 2. The first-order valence-corrected chi connectivity index (χ1v) is 8.87. The summed E-state index contributed by atoms with van der Waals surface area (Å²) in [4.78, 5) is 43.6. The molecule has 0 spiro atoms. The number of carbonyl (C=O) groups is 3. The molecule has 6 nitrogen and oxygen atoms in total. The van der Waals surface area contributed by atoms with Crippen LogP contribution in [0.15, 0.2) is 17.8 Å². The van der Waals surface area contributed by atoms with E-state index in [0.717, 1.165) is 12.8 Å². The maximum absolute atomic E-state index is 13.2. The fraction of sp³-hybridized carbons (Fsp3) is 0.684. The van der Waals surface area contributed by atoms with E-state index >= 15 is 0 Å². The van der Waals surface area contributed by atoms with Gasteiger partial charge in [0, 0.05) is 12.3 Å². The summed E-state index contributed by atoms with van der Waals surface area (Å²) in [7, 11) is 1.31. The number of ketones is 2. The summed E-state index contributed by atoms with van der Waals surface area (Å²) in [5.74, 6) is -2.27. The summed E-state index contributed by atoms with van der Waals surface area (Å²) in [5.41, 5.74) is -0.546. The van der Waals surface area contributed by atoms with Crippen LogP contribution in [0.3, 0.4) is 0 Å². The van der Waals surface area contributed by atoms with Gasteiger partial charge in [-0.3, -0.25) is 14.4 Å². The van der Waals surface area contributed by atoms with Gasteiger partial charge < -0.3 is 9.57 Å². The lowest BCUT2D eigenvalue weighted by atomic mass is 9.61. The molecule has 4 unspecified atom stereocenters. The Morgan fingerprint density at radius 1 is 1.44 bits per heavy atom. The number of oxime groups is 1. The van der Waals surface area contributed by atoms with Crippen LogP contribution in [0, 0.1) is 23.2 Å². The average molecular weight is 349 g/mol. The molecule has 0 radical (unpaired) electrons. The van der Waals surface area contributed by atoms with Crippen molar-refractivity contribution < 1.29 is 24.0 Å². The number of ether oxygens (including phenoxy) is 1. The number of rotatable bonds is 7. The van der Waals surface area contributed by atoms with Gasteiger partial charge in [-0.1, -0.05) is 38.1 Å². The quantitative estimate of drug-likeness (QED) is 0.176. The van der Waals surface area contributed by atoms with Gasteiger partial charge in [-0.05, 0) is 25.2 Å². The first-order chi connectivity index (χ1) is 11.9. The highest BCUT2D eigenvalue weighted by Crippen LogP contribution is 2.54. The Kier molecular flexibility index (Phi) is 6.14. The van der Waals surface area contributed by atoms with Gasteiger partial charge in [-0.15, -0.1) is 0 Å². The second-order valence-corrected chi connectivity index (χ2v) is 7.04. The van der Waals surface area contributed by atoms with Crippen LogP contribution in [0.1, 0.15) is 46.0 Å². The molecule has 0 aromatic rings. The molecule has 6 heteroatoms. The highest BCUT2D eigenvalue weighted by atomic mass is 16.6. The van der Waals surface area contributed by atoms with E-state index < -0.39 is 23.2 Å². The molecular formula is C19H27NO5. The summed E-state index contributed by atoms with van der Waals surface area (Å²) in [6.45, 7) is 7.69. The summed E-state index contributed by atoms with van der Waals surface area (Å²) in [6, 6.07) is 0. The Balaban J connectivity index is 2.38. The van der Waals surface area contributed by atoms with E-state index in [2.05, 4.69) is 11.7 Å². The Hall–Kier alpha value is -1.98. The van der Waals surface area contributed by atoms with Crippen LogP contribution in [0.25, 0.3) is 0 Å². The van der Waals surface area contributed by atoms with Crippen LogP contribution < -0.4 is 0 Å². The highest BCUT2D eigenvalue weighted by Gasteiger charge is 2.62. The van der Waals surface area contributed by atoms with Crippen molar-refractivity contribution in [3.05, 3.63) is 12.7 Å². The molecule has 2 saturated carbocycles. The zero-order valence-corrected chi connectivity index (χ0v) is 15.2. The molecule has 0 aromatic carbocycles. The standard InChI is InChI=1S/C19H27NO5/c1-5-7-13(20-25-10-6-2)15-14(21)11-19(18(23)24-4)9-8-12(3)16(19)17(15)22/h6,12,15-16H,2,5,7-11H2,1,3-4H3. The van der Waals surface area contributed by atoms with Gasteiger partial charge in [0.15, 0.2) is 5.78 Å². The molecule has 0 saturated heterocycles. The molecule has 25 heavy (non-hydrogen) atoms. The maximum atomic E-state index is 13.2. The largest absolute Gasteiger partial charge is 0.469 e. The van der Waals surface area contributed by atoms with E-state index in [0.29, 0.717) is 18.6 Å². The number of carbonyl (C=O) groups excluding carboxylic acids is 3. The minimum atomic E-state index is -1.00. The lowest BCUT2D eigenvalue weighted by Gasteiger charge is -2.39. The van der Waals surface area contributed by atoms with E-state index in [1.807, 2.05) is 13.8 Å². The second kappa shape index (κ2) is 7.93. The monoisotopic (exact) mass is 349 g/mol. The minimum Gasteiger partial charge on any atom is -0.469 e. The Labute approximate surface area is 148 Å². The van der Waals surface area contributed by atoms with Crippen LogP contribution in [-0.2, 0) is 24.0 Å². The number of hydrogen-bond acceptors (Lipinski definition) is 6. The molecule has 2 aliphatic rings. The number of fused-ring (bicyclic) bond motifs is 1. The van der Waals surface area contributed by atoms with Crippen molar-refractivity contribution in [3.8, 4) is 0 Å². The second-order valence-electron chi connectivity index (χ2n) is 7.04. The van der Waals surface area contributed by atoms with Gasteiger partial charge in [0.05, 0.1) is 18.2 Å². The first-order valence-electron chi connectivity index (χ1n) is 8.87. The zero-order valence-electron chi connectivity index (χ0n) is 15.2. The SMILES string of the molecule is C=CCON=C(CCC)C1C(=O)CC2(C(=O)OC)CCC(C)C2C1=O. The fourth-order valence-electron chi connectivity index (χ4n) is 4.38. The van der Waals surface area contributed by atoms with Crippen LogP contribution in [-0.4, -0.2) is 37.0 Å². The molecule has 2 rings (SSSR count). The first kappa shape index (κ1) is 19.3. The average Bonchev–Trinajstić information content (AvgIpc) is 2.92. The lowest BCUT2D eigenvalue weighted by molar-refractivity contribution is -0.165. The highest BCUT2D eigenvalue weighted by molar-refractivity contribution is 6.24. The van der Waals surface area contributed by atoms with Crippen molar-refractivity contribution in [2.45, 2.75) is 46.0 Å². The minimum absolute atomic E-state index is 0.0370. The van der Waals surface area contributed by atoms with Gasteiger partial charge >= 0.3 is 5.97 Å². The number of esters is 1. The molecule has 0 N–H and O–H groups in total. The molecule has 0 amide bonds. The molecule has 0 aliphatic heterocycles. The summed E-state index contributed by atoms with van der Waals surface area (Å²) in [6.07, 6.45) is 4.09. The Morgan fingerprint density at radius 2 is 2.16 bits per heavy atom. The van der Waals surface area contributed by atoms with Crippen molar-refractivity contribution >= 4 is 23.2 Å². The Bertz CT molecular complexity index is 597. The van der Waals surface area contributed by atoms with E-state index in [9.17, 15) is 14.4 Å². The van der Waals surface area contributed by atoms with Crippen molar-refractivity contribution in [1.82, 2.24) is 0 Å². The van der Waals surface area contributed by atoms with E-state index in [-0.39, 0.29) is 30.5 Å². The molecule has 0 heterocycles. The van der Waals surface area contributed by atoms with Gasteiger partial charge in [0.25, 0.3) is 0 Å². The topological polar surface area (TPSA) is 82.0 Å². The van der Waals surface area contributed by atoms with Crippen molar-refractivity contribution in [2.75, 3.05) is 13.7 Å². The van der Waals surface area contributed by atoms with Crippen LogP contribution in [0.4, 0.5) is 0 Å². The molecule has 2 aliphatic carbocycles. The molecule has 138 valence electrons. The normalized spacial score (nSPS) is 32.3. The number of methoxy groups -OCH3 is 1. The molecule has 0 aromatic heterocycles. The molecule has 2 fully saturated rings. The molecule has 0 bridgehead atoms. The van der Waals surface area contributed by atoms with Crippen LogP contribution >= 0.6 is 0 Å². The third-order valence-electron chi connectivity index (χ3n) is 5.42. The van der Waals surface area contributed by atoms with Crippen molar-refractivity contribution in [1.29, 1.82) is 0 Å². The summed E-state index contributed by atoms with van der Waals surface area (Å²) >= 11 is 0. The van der Waals surface area contributed by atoms with E-state index in [1.165, 1.54) is 7.11 Å². The van der Waals surface area contributed by atoms with Crippen LogP contribution in [0.2, 0.25) is 0 Å². The van der Waals surface area contributed by atoms with Crippen LogP contribution in [0.5, 0.6) is 0 Å². The smallest absolute Gasteiger partial charge is 0.312 e. The maximum Gasteiger partial charge on any atom is 0.312 e. The van der Waals surface area contributed by atoms with Crippen molar-refractivity contribution in [3.63, 3.8) is 0 Å². The van der Waals surface area contributed by atoms with Crippen molar-refractivity contribution in [2.24, 2.45) is 28.3 Å². The molecular weight excluding hydrogens is 322 g/mol. The zero-order chi connectivity index (χ0) is 18.6. The summed E-state index contributed by atoms with van der Waals surface area (Å²) < 4.78 is 4.95. The van der Waals surface area contributed by atoms with Gasteiger partial charge in [-0.2, -0.15) is 0 Å². The number of hydrogen-bond donors (Lipinski definition) is 0. The third-order valence-corrected chi connectivity index (χ3v) is 5.42.